The maximum absolute atomic E-state index is 5.69. The molecule has 2 nitrogen and oxygen atoms in total. The smallest absolute Gasteiger partial charge is 0.0181 e. The normalized spacial score (nSPS) is 10.9. The minimum absolute atomic E-state index is 0.537. The Kier molecular flexibility index (Phi) is 3.05. The highest BCUT2D eigenvalue weighted by atomic mass is 79.9. The van der Waals surface area contributed by atoms with Crippen LogP contribution in [0.2, 0.25) is 0 Å². The predicted octanol–water partition coefficient (Wildman–Crippen LogP) is 2.52. The second-order valence-corrected chi connectivity index (χ2v) is 4.44. The molecule has 0 amide bonds. The molecule has 0 aliphatic rings. The summed E-state index contributed by atoms with van der Waals surface area (Å²) in [6, 6.07) is 10.4. The molecular weight excluding hydrogens is 252 g/mol. The summed E-state index contributed by atoms with van der Waals surface area (Å²) in [4.78, 5) is 0. The van der Waals surface area contributed by atoms with Gasteiger partial charge < -0.3 is 11.5 Å². The molecule has 3 heteroatoms. The second kappa shape index (κ2) is 4.31. The average Bonchev–Trinajstić information content (AvgIpc) is 2.27. The molecule has 2 rings (SSSR count). The zero-order chi connectivity index (χ0) is 10.8. The van der Waals surface area contributed by atoms with Crippen LogP contribution in [0, 0.1) is 0 Å². The molecule has 0 unspecified atom stereocenters. The van der Waals surface area contributed by atoms with Crippen LogP contribution in [0.25, 0.3) is 10.8 Å². The lowest BCUT2D eigenvalue weighted by Crippen LogP contribution is -2.05. The van der Waals surface area contributed by atoms with E-state index in [9.17, 15) is 0 Å². The van der Waals surface area contributed by atoms with Crippen LogP contribution in [-0.2, 0) is 13.1 Å². The fraction of sp³-hybridized carbons (Fsp3) is 0.167. The van der Waals surface area contributed by atoms with Gasteiger partial charge in [0.25, 0.3) is 0 Å². The van der Waals surface area contributed by atoms with Crippen molar-refractivity contribution in [3.63, 3.8) is 0 Å². The van der Waals surface area contributed by atoms with Crippen LogP contribution in [-0.4, -0.2) is 0 Å². The van der Waals surface area contributed by atoms with E-state index in [2.05, 4.69) is 40.2 Å². The van der Waals surface area contributed by atoms with Gasteiger partial charge in [-0.3, -0.25) is 0 Å². The molecule has 0 aromatic heterocycles. The highest BCUT2D eigenvalue weighted by molar-refractivity contribution is 9.10. The summed E-state index contributed by atoms with van der Waals surface area (Å²) >= 11 is 3.46. The molecule has 0 atom stereocenters. The second-order valence-electron chi connectivity index (χ2n) is 3.52. The van der Waals surface area contributed by atoms with Crippen molar-refractivity contribution in [1.29, 1.82) is 0 Å². The van der Waals surface area contributed by atoms with E-state index in [0.29, 0.717) is 13.1 Å². The first-order valence-corrected chi connectivity index (χ1v) is 5.65. The molecule has 0 saturated heterocycles. The number of hydrogen-bond donors (Lipinski definition) is 2. The molecule has 0 fully saturated rings. The van der Waals surface area contributed by atoms with Crippen molar-refractivity contribution in [3.8, 4) is 0 Å². The van der Waals surface area contributed by atoms with Crippen LogP contribution in [0.3, 0.4) is 0 Å². The number of fused-ring (bicyclic) bond motifs is 1. The van der Waals surface area contributed by atoms with Gasteiger partial charge in [-0.15, -0.1) is 0 Å². The number of hydrogen-bond acceptors (Lipinski definition) is 2. The number of rotatable bonds is 2. The maximum Gasteiger partial charge on any atom is 0.0181 e. The Labute approximate surface area is 97.4 Å². The number of benzene rings is 2. The SMILES string of the molecule is NCc1cc2ccc(Br)cc2cc1CN. The first-order valence-electron chi connectivity index (χ1n) is 4.86. The third-order valence-electron chi connectivity index (χ3n) is 2.56. The fourth-order valence-electron chi connectivity index (χ4n) is 1.74. The summed E-state index contributed by atoms with van der Waals surface area (Å²) in [5.41, 5.74) is 13.6. The Morgan fingerprint density at radius 1 is 0.867 bits per heavy atom. The molecule has 0 radical (unpaired) electrons. The van der Waals surface area contributed by atoms with Crippen molar-refractivity contribution in [2.24, 2.45) is 11.5 Å². The molecule has 15 heavy (non-hydrogen) atoms. The van der Waals surface area contributed by atoms with Crippen LogP contribution < -0.4 is 11.5 Å². The van der Waals surface area contributed by atoms with E-state index in [0.717, 1.165) is 15.6 Å². The molecule has 2 aromatic rings. The minimum atomic E-state index is 0.537. The summed E-state index contributed by atoms with van der Waals surface area (Å²) in [5.74, 6) is 0. The summed E-state index contributed by atoms with van der Waals surface area (Å²) in [6.07, 6.45) is 0. The van der Waals surface area contributed by atoms with Crippen LogP contribution in [0.1, 0.15) is 11.1 Å². The molecule has 0 aliphatic carbocycles. The van der Waals surface area contributed by atoms with Crippen molar-refractivity contribution in [2.45, 2.75) is 13.1 Å². The Morgan fingerprint density at radius 2 is 1.47 bits per heavy atom. The topological polar surface area (TPSA) is 52.0 Å². The van der Waals surface area contributed by atoms with E-state index in [-0.39, 0.29) is 0 Å². The molecule has 4 N–H and O–H groups in total. The lowest BCUT2D eigenvalue weighted by molar-refractivity contribution is 0.985. The molecule has 0 heterocycles. The van der Waals surface area contributed by atoms with Gasteiger partial charge in [0.15, 0.2) is 0 Å². The van der Waals surface area contributed by atoms with E-state index in [1.54, 1.807) is 0 Å². The van der Waals surface area contributed by atoms with Crippen LogP contribution in [0.4, 0.5) is 0 Å². The van der Waals surface area contributed by atoms with Crippen molar-refractivity contribution >= 4 is 26.7 Å². The van der Waals surface area contributed by atoms with Gasteiger partial charge in [0.2, 0.25) is 0 Å². The molecule has 0 aliphatic heterocycles. The zero-order valence-corrected chi connectivity index (χ0v) is 9.92. The Morgan fingerprint density at radius 3 is 2.07 bits per heavy atom. The molecule has 78 valence electrons. The van der Waals surface area contributed by atoms with Crippen molar-refractivity contribution in [1.82, 2.24) is 0 Å². The van der Waals surface area contributed by atoms with Crippen molar-refractivity contribution in [3.05, 3.63) is 45.9 Å². The van der Waals surface area contributed by atoms with Crippen LogP contribution >= 0.6 is 15.9 Å². The molecule has 0 saturated carbocycles. The van der Waals surface area contributed by atoms with Gasteiger partial charge >= 0.3 is 0 Å². The van der Waals surface area contributed by atoms with E-state index in [4.69, 9.17) is 11.5 Å². The standard InChI is InChI=1S/C12H13BrN2/c13-12-2-1-8-3-10(6-14)11(7-15)4-9(8)5-12/h1-5H,6-7,14-15H2. The van der Waals surface area contributed by atoms with E-state index in [1.165, 1.54) is 10.8 Å². The largest absolute Gasteiger partial charge is 0.326 e. The van der Waals surface area contributed by atoms with Crippen molar-refractivity contribution < 1.29 is 0 Å². The molecule has 0 spiro atoms. The first-order chi connectivity index (χ1) is 7.24. The first kappa shape index (κ1) is 10.6. The van der Waals surface area contributed by atoms with Gasteiger partial charge in [-0.25, -0.2) is 0 Å². The van der Waals surface area contributed by atoms with E-state index >= 15 is 0 Å². The monoisotopic (exact) mass is 264 g/mol. The quantitative estimate of drug-likeness (QED) is 0.876. The minimum Gasteiger partial charge on any atom is -0.326 e. The summed E-state index contributed by atoms with van der Waals surface area (Å²) < 4.78 is 1.08. The Bertz CT molecular complexity index is 494. The lowest BCUT2D eigenvalue weighted by Gasteiger charge is -2.08. The molecule has 2 aromatic carbocycles. The predicted molar refractivity (Wildman–Crippen MR) is 67.4 cm³/mol. The van der Waals surface area contributed by atoms with Gasteiger partial charge in [0, 0.05) is 17.6 Å². The number of nitrogens with two attached hydrogens (primary N) is 2. The fourth-order valence-corrected chi connectivity index (χ4v) is 2.12. The maximum atomic E-state index is 5.69. The third-order valence-corrected chi connectivity index (χ3v) is 3.05. The average molecular weight is 265 g/mol. The Hall–Kier alpha value is -0.900. The van der Waals surface area contributed by atoms with E-state index in [1.807, 2.05) is 6.07 Å². The summed E-state index contributed by atoms with van der Waals surface area (Å²) in [7, 11) is 0. The molecule has 0 bridgehead atoms. The van der Waals surface area contributed by atoms with E-state index < -0.39 is 0 Å². The van der Waals surface area contributed by atoms with Crippen molar-refractivity contribution in [2.75, 3.05) is 0 Å². The highest BCUT2D eigenvalue weighted by Gasteiger charge is 2.02. The zero-order valence-electron chi connectivity index (χ0n) is 8.33. The highest BCUT2D eigenvalue weighted by Crippen LogP contribution is 2.23. The summed E-state index contributed by atoms with van der Waals surface area (Å²) in [5, 5.41) is 2.40. The van der Waals surface area contributed by atoms with Gasteiger partial charge in [-0.2, -0.15) is 0 Å². The molecular formula is C12H13BrN2. The van der Waals surface area contributed by atoms with Gasteiger partial charge in [-0.1, -0.05) is 22.0 Å². The van der Waals surface area contributed by atoms with Gasteiger partial charge in [0.05, 0.1) is 0 Å². The lowest BCUT2D eigenvalue weighted by atomic mass is 10.0. The van der Waals surface area contributed by atoms with Crippen LogP contribution in [0.5, 0.6) is 0 Å². The summed E-state index contributed by atoms with van der Waals surface area (Å²) in [6.45, 7) is 1.08. The third kappa shape index (κ3) is 2.04. The number of halogens is 1. The van der Waals surface area contributed by atoms with Crippen LogP contribution in [0.15, 0.2) is 34.8 Å². The van der Waals surface area contributed by atoms with Gasteiger partial charge in [0.1, 0.15) is 0 Å². The van der Waals surface area contributed by atoms with Gasteiger partial charge in [-0.05, 0) is 46.2 Å². The Balaban J connectivity index is 2.69.